The fourth-order valence-corrected chi connectivity index (χ4v) is 3.49. The molecule has 1 aromatic rings. The summed E-state index contributed by atoms with van der Waals surface area (Å²) in [6.45, 7) is 1.94. The maximum absolute atomic E-state index is 13.9. The molecule has 0 heterocycles. The van der Waals surface area contributed by atoms with Crippen LogP contribution in [0.5, 0.6) is 5.75 Å². The van der Waals surface area contributed by atoms with Gasteiger partial charge >= 0.3 is 45.2 Å². The average Bonchev–Trinajstić information content (AvgIpc) is 2.67. The van der Waals surface area contributed by atoms with Crippen LogP contribution in [0.1, 0.15) is 12.5 Å². The maximum atomic E-state index is 13.9. The first kappa shape index (κ1) is 32.0. The van der Waals surface area contributed by atoms with Crippen LogP contribution >= 0.6 is 0 Å². The van der Waals surface area contributed by atoms with Gasteiger partial charge in [0.25, 0.3) is 0 Å². The summed E-state index contributed by atoms with van der Waals surface area (Å²) in [5.41, 5.74) is 0.302. The van der Waals surface area contributed by atoms with Crippen LogP contribution in [0, 0.1) is 0 Å². The normalized spacial score (nSPS) is 15.2. The number of alkyl halides is 13. The summed E-state index contributed by atoms with van der Waals surface area (Å²) in [6.07, 6.45) is -7.61. The van der Waals surface area contributed by atoms with Gasteiger partial charge in [0.05, 0.1) is 14.1 Å². The number of rotatable bonds is 11. The third kappa shape index (κ3) is 5.32. The van der Waals surface area contributed by atoms with Crippen LogP contribution in [0.3, 0.4) is 0 Å². The van der Waals surface area contributed by atoms with Crippen molar-refractivity contribution in [2.75, 3.05) is 20.7 Å². The van der Waals surface area contributed by atoms with E-state index in [-0.39, 0.29) is 17.8 Å². The molecule has 1 aromatic carbocycles. The van der Waals surface area contributed by atoms with Gasteiger partial charge in [0.2, 0.25) is 0 Å². The van der Waals surface area contributed by atoms with E-state index in [9.17, 15) is 65.5 Å². The quantitative estimate of drug-likeness (QED) is 0.148. The SMILES string of the molecule is CCO[N+](C)(C)Cc1ccc(OS(=O)(=O)C(F)(F)C(F)(F)C(F)(F)C(F)(F)C(F)(F)C(F)(F)F)cc1. The van der Waals surface area contributed by atoms with Gasteiger partial charge < -0.3 is 4.18 Å². The number of hydrogen-bond acceptors (Lipinski definition) is 4. The Morgan fingerprint density at radius 2 is 1.14 bits per heavy atom. The lowest BCUT2D eigenvalue weighted by molar-refractivity contribution is -1.09. The number of nitrogens with zero attached hydrogens (tertiary/aromatic N) is 1. The zero-order valence-electron chi connectivity index (χ0n) is 18.1. The molecule has 5 nitrogen and oxygen atoms in total. The molecule has 1 rings (SSSR count). The molecule has 0 saturated heterocycles. The highest BCUT2D eigenvalue weighted by atomic mass is 32.2. The molecule has 0 spiro atoms. The molecule has 19 heteroatoms. The monoisotopic (exact) mass is 578 g/mol. The van der Waals surface area contributed by atoms with Crippen LogP contribution in [-0.4, -0.2) is 68.9 Å². The Morgan fingerprint density at radius 3 is 1.53 bits per heavy atom. The Labute approximate surface area is 195 Å². The lowest BCUT2D eigenvalue weighted by atomic mass is 9.98. The summed E-state index contributed by atoms with van der Waals surface area (Å²) in [5.74, 6) is -33.7. The molecule has 0 atom stereocenters. The Morgan fingerprint density at radius 1 is 0.722 bits per heavy atom. The molecular formula is C17H17F13NO4S+. The van der Waals surface area contributed by atoms with Gasteiger partial charge in [0, 0.05) is 5.56 Å². The fraction of sp³-hybridized carbons (Fsp3) is 0.647. The average molecular weight is 578 g/mol. The van der Waals surface area contributed by atoms with Crippen molar-refractivity contribution in [1.29, 1.82) is 0 Å². The summed E-state index contributed by atoms with van der Waals surface area (Å²) in [6, 6.07) is 3.06. The summed E-state index contributed by atoms with van der Waals surface area (Å²) >= 11 is 0. The van der Waals surface area contributed by atoms with Crippen molar-refractivity contribution in [2.45, 2.75) is 48.6 Å². The van der Waals surface area contributed by atoms with E-state index in [1.807, 2.05) is 0 Å². The van der Waals surface area contributed by atoms with Crippen molar-refractivity contribution in [3.63, 3.8) is 0 Å². The van der Waals surface area contributed by atoms with Gasteiger partial charge in [-0.25, -0.2) is 4.84 Å². The van der Waals surface area contributed by atoms with Crippen molar-refractivity contribution < 1.29 is 79.2 Å². The first-order chi connectivity index (χ1) is 15.7. The minimum absolute atomic E-state index is 0.0593. The molecule has 0 bridgehead atoms. The minimum Gasteiger partial charge on any atom is -0.378 e. The summed E-state index contributed by atoms with van der Waals surface area (Å²) < 4.78 is 198. The molecule has 0 radical (unpaired) electrons. The number of benzene rings is 1. The summed E-state index contributed by atoms with van der Waals surface area (Å²) in [5, 5.41) is -7.43. The molecule has 210 valence electrons. The number of hydroxylamine groups is 3. The highest BCUT2D eigenvalue weighted by Gasteiger charge is 2.93. The molecule has 0 fully saturated rings. The van der Waals surface area contributed by atoms with Gasteiger partial charge in [0.15, 0.2) is 0 Å². The minimum atomic E-state index is -8.26. The van der Waals surface area contributed by atoms with Gasteiger partial charge in [-0.05, 0) is 31.2 Å². The van der Waals surface area contributed by atoms with Crippen molar-refractivity contribution in [2.24, 2.45) is 0 Å². The molecular weight excluding hydrogens is 561 g/mol. The molecule has 0 aliphatic carbocycles. The van der Waals surface area contributed by atoms with Gasteiger partial charge in [-0.15, -0.1) is 0 Å². The molecule has 0 aliphatic heterocycles. The van der Waals surface area contributed by atoms with Crippen LogP contribution in [-0.2, 0) is 21.5 Å². The predicted octanol–water partition coefficient (Wildman–Crippen LogP) is 5.62. The van der Waals surface area contributed by atoms with Crippen molar-refractivity contribution >= 4 is 10.1 Å². The molecule has 36 heavy (non-hydrogen) atoms. The lowest BCUT2D eigenvalue weighted by Gasteiger charge is -2.38. The molecule has 0 unspecified atom stereocenters. The van der Waals surface area contributed by atoms with E-state index in [1.165, 1.54) is 0 Å². The third-order valence-corrected chi connectivity index (χ3v) is 5.69. The lowest BCUT2D eigenvalue weighted by Crippen LogP contribution is -2.71. The number of hydrogen-bond donors (Lipinski definition) is 0. The van der Waals surface area contributed by atoms with Crippen LogP contribution in [0.15, 0.2) is 24.3 Å². The van der Waals surface area contributed by atoms with E-state index in [4.69, 9.17) is 4.84 Å². The Balaban J connectivity index is 3.36. The second kappa shape index (κ2) is 9.38. The van der Waals surface area contributed by atoms with Crippen LogP contribution in [0.25, 0.3) is 0 Å². The molecule has 0 aromatic heterocycles. The van der Waals surface area contributed by atoms with Gasteiger partial charge in [-0.1, -0.05) is 0 Å². The van der Waals surface area contributed by atoms with Crippen molar-refractivity contribution in [3.8, 4) is 5.75 Å². The smallest absolute Gasteiger partial charge is 0.378 e. The van der Waals surface area contributed by atoms with E-state index in [2.05, 4.69) is 4.18 Å². The van der Waals surface area contributed by atoms with E-state index in [0.717, 1.165) is 12.1 Å². The van der Waals surface area contributed by atoms with Crippen molar-refractivity contribution in [3.05, 3.63) is 29.8 Å². The summed E-state index contributed by atoms with van der Waals surface area (Å²) in [4.78, 5) is 5.30. The zero-order chi connectivity index (χ0) is 28.8. The van der Waals surface area contributed by atoms with Gasteiger partial charge in [0.1, 0.15) is 18.9 Å². The highest BCUT2D eigenvalue weighted by molar-refractivity contribution is 7.88. The van der Waals surface area contributed by atoms with Crippen LogP contribution in [0.4, 0.5) is 57.1 Å². The van der Waals surface area contributed by atoms with Crippen LogP contribution in [0.2, 0.25) is 0 Å². The van der Waals surface area contributed by atoms with E-state index >= 15 is 0 Å². The maximum Gasteiger partial charge on any atom is 0.460 e. The predicted molar refractivity (Wildman–Crippen MR) is 94.2 cm³/mol. The van der Waals surface area contributed by atoms with Crippen molar-refractivity contribution in [1.82, 2.24) is 0 Å². The first-order valence-corrected chi connectivity index (χ1v) is 10.6. The fourth-order valence-electron chi connectivity index (χ4n) is 2.58. The Kier molecular flexibility index (Phi) is 8.34. The van der Waals surface area contributed by atoms with E-state index < -0.39 is 51.0 Å². The van der Waals surface area contributed by atoms with Gasteiger partial charge in [-0.2, -0.15) is 70.1 Å². The van der Waals surface area contributed by atoms with Gasteiger partial charge in [-0.3, -0.25) is 0 Å². The molecule has 0 aliphatic rings. The van der Waals surface area contributed by atoms with E-state index in [1.54, 1.807) is 21.0 Å². The zero-order valence-corrected chi connectivity index (χ0v) is 18.9. The largest absolute Gasteiger partial charge is 0.460 e. The Bertz CT molecular complexity index is 1020. The molecule has 0 amide bonds. The second-order valence-electron chi connectivity index (χ2n) is 7.64. The van der Waals surface area contributed by atoms with Crippen LogP contribution < -0.4 is 4.18 Å². The topological polar surface area (TPSA) is 52.6 Å². The molecule has 0 N–H and O–H groups in total. The highest BCUT2D eigenvalue weighted by Crippen LogP contribution is 2.61. The summed E-state index contributed by atoms with van der Waals surface area (Å²) in [7, 11) is -4.29. The van der Waals surface area contributed by atoms with E-state index in [0.29, 0.717) is 17.7 Å². The Hall–Kier alpha value is -2.02. The first-order valence-electron chi connectivity index (χ1n) is 9.18. The second-order valence-corrected chi connectivity index (χ2v) is 9.23. The standard InChI is InChI=1S/C17H17F13NO4S/c1-4-34-31(2,3)9-10-5-7-11(8-6-10)35-36(32,33)17(29,30)15(24,25)13(20,21)12(18,19)14(22,23)16(26,27)28/h5-8H,4,9H2,1-3H3/q+1. The third-order valence-electron chi connectivity index (χ3n) is 4.39. The number of quaternary nitrogens is 1. The number of halogens is 13. The molecule has 0 saturated carbocycles.